The van der Waals surface area contributed by atoms with E-state index < -0.39 is 5.97 Å². The number of carboxylic acids is 1. The SMILES string of the molecule is Cc1ccc(C2CC(CCN[C@H](C)c3cccc4ccccc34)Oc3ccccc32)cc1C(=O)O. The van der Waals surface area contributed by atoms with Gasteiger partial charge in [-0.15, -0.1) is 0 Å². The summed E-state index contributed by atoms with van der Waals surface area (Å²) in [6.45, 7) is 4.89. The highest BCUT2D eigenvalue weighted by atomic mass is 16.5. The number of carboxylic acid groups (broad SMARTS) is 1. The van der Waals surface area contributed by atoms with E-state index in [-0.39, 0.29) is 18.1 Å². The standard InChI is InChI=1S/C31H31NO3/c1-20-14-15-23(18-28(20)31(33)34)29-19-24(35-30-13-6-5-11-27(29)30)16-17-32-21(2)25-12-7-9-22-8-3-4-10-26(22)25/h3-15,18,21,24,29,32H,16-17,19H2,1-2H3,(H,33,34)/t21-,24?,29?/m1/s1. The van der Waals surface area contributed by atoms with Crippen molar-refractivity contribution in [3.05, 3.63) is 113 Å². The fourth-order valence-corrected chi connectivity index (χ4v) is 5.27. The maximum Gasteiger partial charge on any atom is 0.335 e. The lowest BCUT2D eigenvalue weighted by atomic mass is 9.82. The zero-order valence-electron chi connectivity index (χ0n) is 20.2. The summed E-state index contributed by atoms with van der Waals surface area (Å²) in [6.07, 6.45) is 1.75. The van der Waals surface area contributed by atoms with Crippen molar-refractivity contribution in [2.45, 2.75) is 44.8 Å². The normalized spacial score (nSPS) is 18.0. The van der Waals surface area contributed by atoms with Crippen LogP contribution in [0.15, 0.2) is 84.9 Å². The van der Waals surface area contributed by atoms with Crippen LogP contribution in [0.5, 0.6) is 5.75 Å². The van der Waals surface area contributed by atoms with Crippen LogP contribution in [-0.2, 0) is 0 Å². The smallest absolute Gasteiger partial charge is 0.335 e. The Bertz CT molecular complexity index is 1360. The summed E-state index contributed by atoms with van der Waals surface area (Å²) in [6, 6.07) is 29.1. The van der Waals surface area contributed by atoms with Gasteiger partial charge in [0.25, 0.3) is 0 Å². The first kappa shape index (κ1) is 23.1. The molecule has 178 valence electrons. The highest BCUT2D eigenvalue weighted by Gasteiger charge is 2.29. The molecule has 2 N–H and O–H groups in total. The summed E-state index contributed by atoms with van der Waals surface area (Å²) in [5, 5.41) is 15.9. The van der Waals surface area contributed by atoms with Gasteiger partial charge in [0.15, 0.2) is 0 Å². The van der Waals surface area contributed by atoms with Crippen molar-refractivity contribution in [1.29, 1.82) is 0 Å². The van der Waals surface area contributed by atoms with Gasteiger partial charge in [-0.1, -0.05) is 72.8 Å². The van der Waals surface area contributed by atoms with E-state index >= 15 is 0 Å². The zero-order valence-corrected chi connectivity index (χ0v) is 20.2. The topological polar surface area (TPSA) is 58.6 Å². The minimum Gasteiger partial charge on any atom is -0.490 e. The predicted octanol–water partition coefficient (Wildman–Crippen LogP) is 6.87. The monoisotopic (exact) mass is 465 g/mol. The maximum absolute atomic E-state index is 11.7. The third-order valence-electron chi connectivity index (χ3n) is 7.19. The van der Waals surface area contributed by atoms with E-state index in [2.05, 4.69) is 66.8 Å². The van der Waals surface area contributed by atoms with E-state index in [0.29, 0.717) is 5.56 Å². The van der Waals surface area contributed by atoms with Gasteiger partial charge in [0, 0.05) is 17.5 Å². The Kier molecular flexibility index (Phi) is 6.56. The average Bonchev–Trinajstić information content (AvgIpc) is 2.88. The maximum atomic E-state index is 11.7. The van der Waals surface area contributed by atoms with Crippen LogP contribution in [0.3, 0.4) is 0 Å². The van der Waals surface area contributed by atoms with Gasteiger partial charge in [-0.2, -0.15) is 0 Å². The highest BCUT2D eigenvalue weighted by molar-refractivity contribution is 5.89. The number of aryl methyl sites for hydroxylation is 1. The number of aromatic carboxylic acids is 1. The molecule has 1 aliphatic rings. The Labute approximate surface area is 206 Å². The van der Waals surface area contributed by atoms with Gasteiger partial charge in [-0.05, 0) is 72.8 Å². The molecule has 4 heteroatoms. The van der Waals surface area contributed by atoms with Crippen LogP contribution >= 0.6 is 0 Å². The molecule has 0 spiro atoms. The summed E-state index contributed by atoms with van der Waals surface area (Å²) < 4.78 is 6.39. The molecular weight excluding hydrogens is 434 g/mol. The van der Waals surface area contributed by atoms with Crippen molar-refractivity contribution in [1.82, 2.24) is 5.32 Å². The predicted molar refractivity (Wildman–Crippen MR) is 140 cm³/mol. The molecule has 0 saturated heterocycles. The van der Waals surface area contributed by atoms with E-state index in [9.17, 15) is 9.90 Å². The van der Waals surface area contributed by atoms with Gasteiger partial charge in [-0.25, -0.2) is 4.79 Å². The Balaban J connectivity index is 1.31. The summed E-state index contributed by atoms with van der Waals surface area (Å²) in [5.74, 6) is 0.125. The van der Waals surface area contributed by atoms with Crippen molar-refractivity contribution in [3.8, 4) is 5.75 Å². The molecule has 1 aliphatic heterocycles. The third-order valence-corrected chi connectivity index (χ3v) is 7.19. The van der Waals surface area contributed by atoms with Gasteiger partial charge in [0.05, 0.1) is 5.56 Å². The van der Waals surface area contributed by atoms with E-state index in [1.165, 1.54) is 16.3 Å². The van der Waals surface area contributed by atoms with Gasteiger partial charge < -0.3 is 15.2 Å². The Hall–Kier alpha value is -3.63. The Morgan fingerprint density at radius 3 is 2.66 bits per heavy atom. The van der Waals surface area contributed by atoms with Crippen LogP contribution in [-0.4, -0.2) is 23.7 Å². The van der Waals surface area contributed by atoms with E-state index in [4.69, 9.17) is 4.74 Å². The number of fused-ring (bicyclic) bond motifs is 2. The van der Waals surface area contributed by atoms with Gasteiger partial charge in [0.1, 0.15) is 11.9 Å². The molecule has 2 unspecified atom stereocenters. The molecule has 0 saturated carbocycles. The van der Waals surface area contributed by atoms with Crippen molar-refractivity contribution >= 4 is 16.7 Å². The molecule has 0 bridgehead atoms. The van der Waals surface area contributed by atoms with E-state index in [0.717, 1.165) is 41.8 Å². The lowest BCUT2D eigenvalue weighted by Crippen LogP contribution is -2.31. The Morgan fingerprint density at radius 1 is 1.03 bits per heavy atom. The number of hydrogen-bond donors (Lipinski definition) is 2. The number of rotatable bonds is 7. The lowest BCUT2D eigenvalue weighted by Gasteiger charge is -2.33. The fourth-order valence-electron chi connectivity index (χ4n) is 5.27. The first-order chi connectivity index (χ1) is 17.0. The molecule has 4 nitrogen and oxygen atoms in total. The second-order valence-corrected chi connectivity index (χ2v) is 9.48. The van der Waals surface area contributed by atoms with E-state index in [1.807, 2.05) is 37.3 Å². The first-order valence-corrected chi connectivity index (χ1v) is 12.3. The molecule has 0 aromatic heterocycles. The fraction of sp³-hybridized carbons (Fsp3) is 0.258. The number of para-hydroxylation sites is 1. The van der Waals surface area contributed by atoms with Crippen LogP contribution in [0.4, 0.5) is 0 Å². The van der Waals surface area contributed by atoms with Gasteiger partial charge in [-0.3, -0.25) is 0 Å². The number of hydrogen-bond acceptors (Lipinski definition) is 3. The van der Waals surface area contributed by atoms with Crippen LogP contribution in [0.1, 0.15) is 64.3 Å². The minimum atomic E-state index is -0.882. The van der Waals surface area contributed by atoms with Crippen molar-refractivity contribution in [3.63, 3.8) is 0 Å². The molecule has 0 fully saturated rings. The summed E-state index contributed by atoms with van der Waals surface area (Å²) in [5.41, 5.74) is 4.61. The molecule has 0 radical (unpaired) electrons. The van der Waals surface area contributed by atoms with Crippen molar-refractivity contribution < 1.29 is 14.6 Å². The number of ether oxygens (including phenoxy) is 1. The highest BCUT2D eigenvalue weighted by Crippen LogP contribution is 2.41. The first-order valence-electron chi connectivity index (χ1n) is 12.3. The summed E-state index contributed by atoms with van der Waals surface area (Å²) in [7, 11) is 0. The second-order valence-electron chi connectivity index (χ2n) is 9.48. The third kappa shape index (κ3) is 4.80. The van der Waals surface area contributed by atoms with Gasteiger partial charge >= 0.3 is 5.97 Å². The quantitative estimate of drug-likeness (QED) is 0.313. The lowest BCUT2D eigenvalue weighted by molar-refractivity contribution is 0.0696. The molecule has 3 atom stereocenters. The van der Waals surface area contributed by atoms with Crippen molar-refractivity contribution in [2.24, 2.45) is 0 Å². The molecule has 35 heavy (non-hydrogen) atoms. The zero-order chi connectivity index (χ0) is 24.4. The molecule has 0 amide bonds. The van der Waals surface area contributed by atoms with Crippen LogP contribution in [0, 0.1) is 6.92 Å². The molecule has 0 aliphatic carbocycles. The van der Waals surface area contributed by atoms with E-state index in [1.54, 1.807) is 0 Å². The Morgan fingerprint density at radius 2 is 1.80 bits per heavy atom. The van der Waals surface area contributed by atoms with Crippen molar-refractivity contribution in [2.75, 3.05) is 6.54 Å². The van der Waals surface area contributed by atoms with Crippen LogP contribution < -0.4 is 10.1 Å². The number of carbonyl (C=O) groups is 1. The minimum absolute atomic E-state index is 0.0525. The van der Waals surface area contributed by atoms with Crippen LogP contribution in [0.2, 0.25) is 0 Å². The number of nitrogens with one attached hydrogen (secondary N) is 1. The van der Waals surface area contributed by atoms with Gasteiger partial charge in [0.2, 0.25) is 0 Å². The molecular formula is C31H31NO3. The molecule has 1 heterocycles. The summed E-state index contributed by atoms with van der Waals surface area (Å²) >= 11 is 0. The molecule has 4 aromatic rings. The second kappa shape index (κ2) is 9.93. The number of benzene rings is 4. The molecule has 5 rings (SSSR count). The largest absolute Gasteiger partial charge is 0.490 e. The molecule has 4 aromatic carbocycles. The summed E-state index contributed by atoms with van der Waals surface area (Å²) in [4.78, 5) is 11.7. The average molecular weight is 466 g/mol. The van der Waals surface area contributed by atoms with Crippen LogP contribution in [0.25, 0.3) is 10.8 Å².